The fourth-order valence-corrected chi connectivity index (χ4v) is 4.72. The summed E-state index contributed by atoms with van der Waals surface area (Å²) in [5.41, 5.74) is 0.678. The van der Waals surface area contributed by atoms with Crippen LogP contribution in [0.2, 0.25) is 0 Å². The number of fused-ring (bicyclic) bond motifs is 1. The quantitative estimate of drug-likeness (QED) is 0.680. The minimum Gasteiger partial charge on any atom is -0.307 e. The number of alkyl halides is 2. The van der Waals surface area contributed by atoms with Gasteiger partial charge in [0.25, 0.3) is 5.56 Å². The third-order valence-electron chi connectivity index (χ3n) is 5.94. The second-order valence-corrected chi connectivity index (χ2v) is 10.5. The zero-order chi connectivity index (χ0) is 21.7. The van der Waals surface area contributed by atoms with Gasteiger partial charge < -0.3 is 4.57 Å². The van der Waals surface area contributed by atoms with E-state index in [1.54, 1.807) is 16.8 Å². The second-order valence-electron chi connectivity index (χ2n) is 8.61. The molecule has 1 unspecified atom stereocenters. The number of halogens is 2. The SMILES string of the molecule is CC(F)(F)c1ncc2c(=O)n(C(/C=C/S(C)(=O)=O)C3CC3)cc(C3CCCC3)c2n1. The molecule has 162 valence electrons. The van der Waals surface area contributed by atoms with E-state index in [-0.39, 0.29) is 28.3 Å². The van der Waals surface area contributed by atoms with Crippen LogP contribution in [0.15, 0.2) is 28.7 Å². The molecule has 1 atom stereocenters. The van der Waals surface area contributed by atoms with Gasteiger partial charge in [0.2, 0.25) is 0 Å². The third-order valence-corrected chi connectivity index (χ3v) is 6.59. The molecule has 4 rings (SSSR count). The molecule has 2 aromatic heterocycles. The lowest BCUT2D eigenvalue weighted by atomic mass is 9.96. The molecule has 9 heteroatoms. The Balaban J connectivity index is 1.93. The van der Waals surface area contributed by atoms with Gasteiger partial charge in [-0.3, -0.25) is 4.79 Å². The standard InChI is InChI=1S/C21H25F2N3O3S/c1-21(22,23)20-24-11-15-18(25-20)16(13-5-3-4-6-13)12-26(19(15)27)17(14-7-8-14)9-10-30(2,28)29/h9-14,17H,3-8H2,1-2H3/b10-9+. The highest BCUT2D eigenvalue weighted by atomic mass is 32.2. The number of pyridine rings is 1. The van der Waals surface area contributed by atoms with Crippen LogP contribution >= 0.6 is 0 Å². The Labute approximate surface area is 174 Å². The predicted molar refractivity (Wildman–Crippen MR) is 110 cm³/mol. The summed E-state index contributed by atoms with van der Waals surface area (Å²) in [6.07, 6.45) is 11.3. The van der Waals surface area contributed by atoms with E-state index in [9.17, 15) is 22.0 Å². The van der Waals surface area contributed by atoms with Crippen LogP contribution in [0.5, 0.6) is 0 Å². The Kier molecular flexibility index (Phi) is 5.28. The van der Waals surface area contributed by atoms with E-state index in [1.807, 2.05) is 0 Å². The monoisotopic (exact) mass is 437 g/mol. The topological polar surface area (TPSA) is 81.9 Å². The van der Waals surface area contributed by atoms with E-state index in [4.69, 9.17) is 0 Å². The van der Waals surface area contributed by atoms with Crippen LogP contribution in [0, 0.1) is 5.92 Å². The molecule has 2 saturated carbocycles. The van der Waals surface area contributed by atoms with Crippen LogP contribution in [0.4, 0.5) is 8.78 Å². The van der Waals surface area contributed by atoms with Gasteiger partial charge in [-0.2, -0.15) is 8.78 Å². The summed E-state index contributed by atoms with van der Waals surface area (Å²) < 4.78 is 52.6. The van der Waals surface area contributed by atoms with Crippen LogP contribution < -0.4 is 5.56 Å². The zero-order valence-corrected chi connectivity index (χ0v) is 17.8. The smallest absolute Gasteiger partial charge is 0.303 e. The van der Waals surface area contributed by atoms with Crippen LogP contribution in [0.25, 0.3) is 10.9 Å². The number of rotatable bonds is 6. The van der Waals surface area contributed by atoms with Gasteiger partial charge in [-0.1, -0.05) is 18.9 Å². The molecule has 0 N–H and O–H groups in total. The summed E-state index contributed by atoms with van der Waals surface area (Å²) in [4.78, 5) is 21.1. The van der Waals surface area contributed by atoms with Crippen molar-refractivity contribution in [1.82, 2.24) is 14.5 Å². The average Bonchev–Trinajstić information content (AvgIpc) is 3.34. The van der Waals surface area contributed by atoms with Crippen LogP contribution in [0.1, 0.15) is 68.8 Å². The van der Waals surface area contributed by atoms with Gasteiger partial charge in [-0.15, -0.1) is 0 Å². The molecule has 0 amide bonds. The number of aromatic nitrogens is 3. The lowest BCUT2D eigenvalue weighted by molar-refractivity contribution is 0.00804. The highest BCUT2D eigenvalue weighted by molar-refractivity contribution is 7.93. The van der Waals surface area contributed by atoms with E-state index < -0.39 is 27.6 Å². The van der Waals surface area contributed by atoms with Crippen molar-refractivity contribution < 1.29 is 17.2 Å². The number of sulfone groups is 1. The molecule has 2 fully saturated rings. The average molecular weight is 438 g/mol. The van der Waals surface area contributed by atoms with Crippen LogP contribution in [-0.2, 0) is 15.8 Å². The number of hydrogen-bond donors (Lipinski definition) is 0. The van der Waals surface area contributed by atoms with E-state index in [1.165, 1.54) is 6.20 Å². The first-order valence-electron chi connectivity index (χ1n) is 10.2. The van der Waals surface area contributed by atoms with Gasteiger partial charge in [0.15, 0.2) is 15.7 Å². The summed E-state index contributed by atoms with van der Waals surface area (Å²) in [7, 11) is -3.34. The number of nitrogens with zero attached hydrogens (tertiary/aromatic N) is 3. The summed E-state index contributed by atoms with van der Waals surface area (Å²) >= 11 is 0. The molecule has 0 bridgehead atoms. The van der Waals surface area contributed by atoms with Gasteiger partial charge in [-0.25, -0.2) is 18.4 Å². The highest BCUT2D eigenvalue weighted by Crippen LogP contribution is 2.42. The van der Waals surface area contributed by atoms with Crippen molar-refractivity contribution in [3.8, 4) is 0 Å². The minimum absolute atomic E-state index is 0.131. The fourth-order valence-electron chi connectivity index (χ4n) is 4.27. The predicted octanol–water partition coefficient (Wildman–Crippen LogP) is 4.07. The Morgan fingerprint density at radius 1 is 1.23 bits per heavy atom. The molecular formula is C21H25F2N3O3S. The Hall–Kier alpha value is -2.16. The largest absolute Gasteiger partial charge is 0.307 e. The van der Waals surface area contributed by atoms with E-state index >= 15 is 0 Å². The number of hydrogen-bond acceptors (Lipinski definition) is 5. The Morgan fingerprint density at radius 2 is 1.90 bits per heavy atom. The van der Waals surface area contributed by atoms with Crippen LogP contribution in [-0.4, -0.2) is 29.2 Å². The van der Waals surface area contributed by atoms with Gasteiger partial charge in [0.1, 0.15) is 0 Å². The molecule has 2 aliphatic rings. The summed E-state index contributed by atoms with van der Waals surface area (Å²) in [6.45, 7) is 0.740. The van der Waals surface area contributed by atoms with E-state index in [2.05, 4.69) is 9.97 Å². The third kappa shape index (κ3) is 4.31. The molecule has 30 heavy (non-hydrogen) atoms. The fraction of sp³-hybridized carbons (Fsp3) is 0.571. The number of allylic oxidation sites excluding steroid dienone is 1. The van der Waals surface area contributed by atoms with E-state index in [0.717, 1.165) is 62.7 Å². The Morgan fingerprint density at radius 3 is 2.47 bits per heavy atom. The first-order valence-corrected chi connectivity index (χ1v) is 12.2. The summed E-state index contributed by atoms with van der Waals surface area (Å²) in [5, 5.41) is 1.34. The molecule has 2 aliphatic carbocycles. The first-order chi connectivity index (χ1) is 14.0. The molecule has 2 aromatic rings. The minimum atomic E-state index is -3.34. The molecule has 0 aliphatic heterocycles. The highest BCUT2D eigenvalue weighted by Gasteiger charge is 2.34. The van der Waals surface area contributed by atoms with Gasteiger partial charge in [-0.05, 0) is 43.1 Å². The van der Waals surface area contributed by atoms with Crippen molar-refractivity contribution in [1.29, 1.82) is 0 Å². The summed E-state index contributed by atoms with van der Waals surface area (Å²) in [5.74, 6) is -3.49. The maximum atomic E-state index is 13.9. The molecule has 6 nitrogen and oxygen atoms in total. The normalized spacial score (nSPS) is 19.7. The van der Waals surface area contributed by atoms with E-state index in [0.29, 0.717) is 0 Å². The lowest BCUT2D eigenvalue weighted by Crippen LogP contribution is -2.27. The molecule has 0 spiro atoms. The second kappa shape index (κ2) is 7.51. The Bertz CT molecular complexity index is 1160. The molecule has 0 saturated heterocycles. The van der Waals surface area contributed by atoms with Crippen molar-refractivity contribution in [2.24, 2.45) is 5.92 Å². The van der Waals surface area contributed by atoms with Gasteiger partial charge in [0, 0.05) is 31.0 Å². The van der Waals surface area contributed by atoms with Crippen molar-refractivity contribution in [3.63, 3.8) is 0 Å². The summed E-state index contributed by atoms with van der Waals surface area (Å²) in [6, 6.07) is -0.399. The van der Waals surface area contributed by atoms with Gasteiger partial charge in [0.05, 0.1) is 16.9 Å². The lowest BCUT2D eigenvalue weighted by Gasteiger charge is -2.21. The zero-order valence-electron chi connectivity index (χ0n) is 17.0. The van der Waals surface area contributed by atoms with Crippen molar-refractivity contribution in [2.75, 3.05) is 6.26 Å². The maximum Gasteiger partial charge on any atom is 0.303 e. The maximum absolute atomic E-state index is 13.9. The first kappa shape index (κ1) is 21.1. The van der Waals surface area contributed by atoms with Gasteiger partial charge >= 0.3 is 5.92 Å². The van der Waals surface area contributed by atoms with Crippen LogP contribution in [0.3, 0.4) is 0 Å². The van der Waals surface area contributed by atoms with Crippen molar-refractivity contribution >= 4 is 20.7 Å². The molecule has 0 aromatic carbocycles. The molecular weight excluding hydrogens is 412 g/mol. The van der Waals surface area contributed by atoms with Crippen molar-refractivity contribution in [3.05, 3.63) is 45.6 Å². The molecule has 0 radical (unpaired) electrons. The molecule has 2 heterocycles. The van der Waals surface area contributed by atoms with Crippen molar-refractivity contribution in [2.45, 2.75) is 63.3 Å².